The molecule has 2 unspecified atom stereocenters. The van der Waals surface area contributed by atoms with Gasteiger partial charge in [-0.25, -0.2) is 4.57 Å². The number of thioether (sulfide) groups is 1. The summed E-state index contributed by atoms with van der Waals surface area (Å²) in [6.07, 6.45) is 15.8. The van der Waals surface area contributed by atoms with Crippen LogP contribution in [0.1, 0.15) is 71.3 Å². The first kappa shape index (κ1) is 29.9. The highest BCUT2D eigenvalue weighted by molar-refractivity contribution is 8.13. The molecular formula is C34H42NO5PS. The minimum atomic E-state index is -3.89. The van der Waals surface area contributed by atoms with Gasteiger partial charge in [-0.1, -0.05) is 67.6 Å². The van der Waals surface area contributed by atoms with E-state index >= 15 is 0 Å². The first-order valence-corrected chi connectivity index (χ1v) is 17.8. The fraction of sp³-hybridized carbons (Fsp3) is 0.529. The fourth-order valence-corrected chi connectivity index (χ4v) is 10.4. The number of aromatic nitrogens is 1. The van der Waals surface area contributed by atoms with Crippen LogP contribution in [0.2, 0.25) is 0 Å². The molecule has 0 amide bonds. The van der Waals surface area contributed by atoms with E-state index in [1.54, 1.807) is 12.1 Å². The number of phosphoric ester groups is 1. The number of carbonyl (C=O) groups is 1. The summed E-state index contributed by atoms with van der Waals surface area (Å²) >= 11 is 1.14. The van der Waals surface area contributed by atoms with Crippen molar-refractivity contribution in [2.75, 3.05) is 12.4 Å². The molecule has 8 heteroatoms. The van der Waals surface area contributed by atoms with Crippen molar-refractivity contribution in [1.29, 1.82) is 0 Å². The van der Waals surface area contributed by atoms with Gasteiger partial charge in [0.25, 0.3) is 0 Å². The van der Waals surface area contributed by atoms with Gasteiger partial charge in [-0.3, -0.25) is 18.8 Å². The van der Waals surface area contributed by atoms with Crippen LogP contribution in [0.25, 0.3) is 5.57 Å². The van der Waals surface area contributed by atoms with Crippen molar-refractivity contribution in [3.05, 3.63) is 78.1 Å². The van der Waals surface area contributed by atoms with Crippen molar-refractivity contribution in [3.8, 4) is 5.75 Å². The maximum atomic E-state index is 13.9. The van der Waals surface area contributed by atoms with E-state index in [9.17, 15) is 9.36 Å². The molecule has 2 fully saturated rings. The highest BCUT2D eigenvalue weighted by Crippen LogP contribution is 2.67. The number of nitrogens with zero attached hydrogens (tertiary/aromatic N) is 1. The number of pyridine rings is 1. The highest BCUT2D eigenvalue weighted by atomic mass is 32.2. The zero-order valence-corrected chi connectivity index (χ0v) is 26.6. The maximum Gasteiger partial charge on any atom is 0.530 e. The number of fused-ring (bicyclic) bond motifs is 5. The second kappa shape index (κ2) is 12.1. The van der Waals surface area contributed by atoms with Crippen LogP contribution in [0.5, 0.6) is 5.75 Å². The lowest BCUT2D eigenvalue weighted by Crippen LogP contribution is -2.50. The molecule has 0 spiro atoms. The summed E-state index contributed by atoms with van der Waals surface area (Å²) in [6.45, 7) is 6.58. The molecule has 1 heterocycles. The number of benzene rings is 1. The van der Waals surface area contributed by atoms with Gasteiger partial charge in [0, 0.05) is 25.1 Å². The molecule has 2 aromatic rings. The van der Waals surface area contributed by atoms with Gasteiger partial charge in [0.15, 0.2) is 5.12 Å². The summed E-state index contributed by atoms with van der Waals surface area (Å²) in [6, 6.07) is 13.3. The minimum absolute atomic E-state index is 0.00264. The first-order valence-electron chi connectivity index (χ1n) is 15.3. The van der Waals surface area contributed by atoms with E-state index in [1.165, 1.54) is 36.5 Å². The van der Waals surface area contributed by atoms with Crippen molar-refractivity contribution in [1.82, 2.24) is 4.98 Å². The van der Waals surface area contributed by atoms with Gasteiger partial charge < -0.3 is 4.52 Å². The van der Waals surface area contributed by atoms with Crippen molar-refractivity contribution < 1.29 is 22.9 Å². The van der Waals surface area contributed by atoms with Gasteiger partial charge in [-0.05, 0) is 103 Å². The number of allylic oxidation sites excluding steroid dienone is 3. The standard InChI is InChI=1S/C34H42NO5PS/c1-24(36)42-21-20-38-41(37,39-27-9-5-4-6-10-27)40-28-15-17-33(2)26(22-28)11-12-29-31-14-13-30(25-8-7-19-35-23-25)34(31,3)18-16-32(29)33/h4-11,13,19,23,28-29,31-32H,12,14-18,20-22H2,1-3H3/t28?,29-,31-,32-,33-,34+,41?/m0/s1. The number of hydrogen-bond donors (Lipinski definition) is 0. The van der Waals surface area contributed by atoms with E-state index in [0.717, 1.165) is 43.9 Å². The monoisotopic (exact) mass is 607 g/mol. The lowest BCUT2D eigenvalue weighted by Gasteiger charge is -2.58. The van der Waals surface area contributed by atoms with Gasteiger partial charge in [-0.15, -0.1) is 0 Å². The van der Waals surface area contributed by atoms with Crippen LogP contribution in [-0.4, -0.2) is 28.6 Å². The predicted molar refractivity (Wildman–Crippen MR) is 168 cm³/mol. The summed E-state index contributed by atoms with van der Waals surface area (Å²) in [7, 11) is -3.89. The Labute approximate surface area is 254 Å². The third kappa shape index (κ3) is 5.83. The van der Waals surface area contributed by atoms with Crippen molar-refractivity contribution >= 4 is 30.3 Å². The van der Waals surface area contributed by atoms with Gasteiger partial charge in [0.2, 0.25) is 0 Å². The number of hydrogen-bond acceptors (Lipinski definition) is 7. The second-order valence-electron chi connectivity index (χ2n) is 12.8. The topological polar surface area (TPSA) is 74.7 Å². The molecule has 1 aromatic carbocycles. The molecule has 0 N–H and O–H groups in total. The Morgan fingerprint density at radius 1 is 1.02 bits per heavy atom. The number of carbonyl (C=O) groups excluding carboxylic acids is 1. The number of rotatable bonds is 9. The molecule has 6 rings (SSSR count). The smallest absolute Gasteiger partial charge is 0.404 e. The third-order valence-corrected chi connectivity index (χ3v) is 12.8. The maximum absolute atomic E-state index is 13.9. The van der Waals surface area contributed by atoms with Crippen LogP contribution in [-0.2, 0) is 18.4 Å². The molecule has 7 atom stereocenters. The summed E-state index contributed by atoms with van der Waals surface area (Å²) in [5.74, 6) is 2.80. The van der Waals surface area contributed by atoms with E-state index in [4.69, 9.17) is 13.6 Å². The number of phosphoric acid groups is 1. The van der Waals surface area contributed by atoms with E-state index in [1.807, 2.05) is 30.6 Å². The Morgan fingerprint density at radius 3 is 2.60 bits per heavy atom. The minimum Gasteiger partial charge on any atom is -0.404 e. The van der Waals surface area contributed by atoms with Gasteiger partial charge in [0.05, 0.1) is 12.7 Å². The molecule has 0 saturated heterocycles. The average Bonchev–Trinajstić information content (AvgIpc) is 3.34. The van der Waals surface area contributed by atoms with Crippen LogP contribution in [0.3, 0.4) is 0 Å². The Balaban J connectivity index is 1.16. The van der Waals surface area contributed by atoms with E-state index in [2.05, 4.69) is 43.1 Å². The lowest BCUT2D eigenvalue weighted by atomic mass is 9.47. The molecule has 4 aliphatic rings. The van der Waals surface area contributed by atoms with E-state index in [-0.39, 0.29) is 28.7 Å². The zero-order valence-electron chi connectivity index (χ0n) is 24.9. The highest BCUT2D eigenvalue weighted by Gasteiger charge is 2.57. The molecule has 42 heavy (non-hydrogen) atoms. The molecule has 0 aliphatic heterocycles. The van der Waals surface area contributed by atoms with Gasteiger partial charge in [-0.2, -0.15) is 0 Å². The average molecular weight is 608 g/mol. The largest absolute Gasteiger partial charge is 0.530 e. The Hall–Kier alpha value is -2.18. The quantitative estimate of drug-likeness (QED) is 0.160. The van der Waals surface area contributed by atoms with Gasteiger partial charge >= 0.3 is 7.82 Å². The van der Waals surface area contributed by atoms with Crippen LogP contribution in [0.15, 0.2) is 72.6 Å². The van der Waals surface area contributed by atoms with Gasteiger partial charge in [0.1, 0.15) is 5.75 Å². The third-order valence-electron chi connectivity index (χ3n) is 10.5. The molecule has 4 aliphatic carbocycles. The molecule has 0 radical (unpaired) electrons. The molecule has 1 aromatic heterocycles. The van der Waals surface area contributed by atoms with E-state index < -0.39 is 7.82 Å². The molecule has 0 bridgehead atoms. The Bertz CT molecular complexity index is 1400. The zero-order chi connectivity index (χ0) is 29.4. The summed E-state index contributed by atoms with van der Waals surface area (Å²) in [4.78, 5) is 15.8. The van der Waals surface area contributed by atoms with Crippen LogP contribution in [0.4, 0.5) is 0 Å². The predicted octanol–water partition coefficient (Wildman–Crippen LogP) is 8.91. The summed E-state index contributed by atoms with van der Waals surface area (Å²) in [5.41, 5.74) is 4.55. The number of para-hydroxylation sites is 1. The molecule has 2 saturated carbocycles. The summed E-state index contributed by atoms with van der Waals surface area (Å²) in [5, 5.41) is -0.00264. The second-order valence-corrected chi connectivity index (χ2v) is 15.6. The summed E-state index contributed by atoms with van der Waals surface area (Å²) < 4.78 is 31.7. The molecule has 224 valence electrons. The van der Waals surface area contributed by atoms with E-state index in [0.29, 0.717) is 29.3 Å². The van der Waals surface area contributed by atoms with Crippen molar-refractivity contribution in [2.45, 2.75) is 71.8 Å². The fourth-order valence-electron chi connectivity index (χ4n) is 8.46. The van der Waals surface area contributed by atoms with Crippen LogP contribution >= 0.6 is 19.6 Å². The molecular weight excluding hydrogens is 565 g/mol. The van der Waals surface area contributed by atoms with Crippen molar-refractivity contribution in [2.24, 2.45) is 28.6 Å². The SMILES string of the molecule is CC(=O)SCCOP(=O)(Oc1ccccc1)OC1CC[C@@]2(C)C(=CC[C@@H]3[C@@H]2CC[C@]2(C)C(c4cccnc4)=CC[C@@H]32)C1. The first-order chi connectivity index (χ1) is 20.2. The van der Waals surface area contributed by atoms with Crippen molar-refractivity contribution in [3.63, 3.8) is 0 Å². The lowest BCUT2D eigenvalue weighted by molar-refractivity contribution is -0.109. The van der Waals surface area contributed by atoms with Crippen LogP contribution in [0, 0.1) is 28.6 Å². The Morgan fingerprint density at radius 2 is 1.83 bits per heavy atom. The van der Waals surface area contributed by atoms with Crippen LogP contribution < -0.4 is 4.52 Å². The Kier molecular flexibility index (Phi) is 8.59. The normalized spacial score (nSPS) is 33.3. The molecule has 6 nitrogen and oxygen atoms in total.